The number of nitrogens with zero attached hydrogens (tertiary/aromatic N) is 2. The summed E-state index contributed by atoms with van der Waals surface area (Å²) < 4.78 is 41.6. The number of fused-ring (bicyclic) bond motifs is 1. The minimum absolute atomic E-state index is 0.0290. The number of aromatic nitrogens is 1. The monoisotopic (exact) mass is 531 g/mol. The third kappa shape index (κ3) is 7.06. The van der Waals surface area contributed by atoms with E-state index in [4.69, 9.17) is 9.15 Å². The van der Waals surface area contributed by atoms with Crippen LogP contribution < -0.4 is 10.1 Å². The summed E-state index contributed by atoms with van der Waals surface area (Å²) >= 11 is 0. The van der Waals surface area contributed by atoms with E-state index in [1.54, 1.807) is 48.5 Å². The van der Waals surface area contributed by atoms with Crippen LogP contribution in [-0.4, -0.2) is 68.8 Å². The zero-order valence-corrected chi connectivity index (χ0v) is 21.6. The number of methoxy groups -OCH3 is 2. The summed E-state index contributed by atoms with van der Waals surface area (Å²) in [7, 11) is -1.48. The normalized spacial score (nSPS) is 12.1. The van der Waals surface area contributed by atoms with Crippen molar-refractivity contribution in [1.29, 1.82) is 0 Å². The van der Waals surface area contributed by atoms with Crippen molar-refractivity contribution in [1.82, 2.24) is 15.2 Å². The molecule has 2 aromatic carbocycles. The number of oxazole rings is 1. The highest BCUT2D eigenvalue weighted by atomic mass is 32.2. The fourth-order valence-electron chi connectivity index (χ4n) is 3.64. The van der Waals surface area contributed by atoms with Crippen molar-refractivity contribution in [2.75, 3.05) is 26.5 Å². The van der Waals surface area contributed by atoms with E-state index >= 15 is 0 Å². The van der Waals surface area contributed by atoms with E-state index in [-0.39, 0.29) is 12.4 Å². The molecule has 37 heavy (non-hydrogen) atoms. The highest BCUT2D eigenvalue weighted by Crippen LogP contribution is 2.21. The Labute approximate surface area is 214 Å². The number of carbonyl (C=O) groups is 3. The maximum atomic E-state index is 13.6. The average molecular weight is 532 g/mol. The van der Waals surface area contributed by atoms with Gasteiger partial charge in [0, 0.05) is 12.1 Å². The summed E-state index contributed by atoms with van der Waals surface area (Å²) in [4.78, 5) is 43.9. The first-order chi connectivity index (χ1) is 17.7. The van der Waals surface area contributed by atoms with Crippen LogP contribution in [0.15, 0.2) is 52.9 Å². The van der Waals surface area contributed by atoms with Crippen molar-refractivity contribution in [3.8, 4) is 5.75 Å². The summed E-state index contributed by atoms with van der Waals surface area (Å²) in [5.74, 6) is -2.94. The Morgan fingerprint density at radius 2 is 1.78 bits per heavy atom. The predicted octanol–water partition coefficient (Wildman–Crippen LogP) is 2.94. The van der Waals surface area contributed by atoms with Crippen molar-refractivity contribution in [2.24, 2.45) is 0 Å². The molecule has 0 fully saturated rings. The van der Waals surface area contributed by atoms with Gasteiger partial charge in [-0.3, -0.25) is 14.5 Å². The first kappa shape index (κ1) is 27.7. The lowest BCUT2D eigenvalue weighted by Gasteiger charge is -2.25. The van der Waals surface area contributed by atoms with Crippen molar-refractivity contribution in [2.45, 2.75) is 31.6 Å². The van der Waals surface area contributed by atoms with Crippen LogP contribution in [0.4, 0.5) is 4.79 Å². The van der Waals surface area contributed by atoms with Gasteiger partial charge in [0.2, 0.25) is 0 Å². The lowest BCUT2D eigenvalue weighted by Crippen LogP contribution is -2.53. The number of alkyl carbamates (subject to hydrolysis) is 1. The van der Waals surface area contributed by atoms with Gasteiger partial charge in [0.05, 0.1) is 25.7 Å². The second-order valence-corrected chi connectivity index (χ2v) is 10.3. The fourth-order valence-corrected chi connectivity index (χ4v) is 5.21. The molecule has 0 aliphatic heterocycles. The Balaban J connectivity index is 1.91. The van der Waals surface area contributed by atoms with Gasteiger partial charge in [0.1, 0.15) is 17.3 Å². The standard InChI is InChI=1S/C25H29N3O8S/c1-4-5-14-28(24(30)22-26-18-11-7-9-13-21(18)36-22)23(29)19(27-25(31)35-3)16-37(32,33)15-17-10-6-8-12-20(17)34-2/h6-13,19H,4-5,14-16H2,1-3H3,(H,27,31). The maximum Gasteiger partial charge on any atom is 0.407 e. The number of carbonyl (C=O) groups excluding carboxylic acids is 3. The summed E-state index contributed by atoms with van der Waals surface area (Å²) in [6, 6.07) is 11.7. The number of ether oxygens (including phenoxy) is 2. The first-order valence-corrected chi connectivity index (χ1v) is 13.4. The molecule has 1 atom stereocenters. The van der Waals surface area contributed by atoms with Crippen molar-refractivity contribution in [3.63, 3.8) is 0 Å². The van der Waals surface area contributed by atoms with Crippen molar-refractivity contribution < 1.29 is 36.7 Å². The molecule has 0 aliphatic carbocycles. The fraction of sp³-hybridized carbons (Fsp3) is 0.360. The van der Waals surface area contributed by atoms with Gasteiger partial charge in [0.15, 0.2) is 15.4 Å². The van der Waals surface area contributed by atoms with Gasteiger partial charge in [-0.15, -0.1) is 0 Å². The topological polar surface area (TPSA) is 145 Å². The van der Waals surface area contributed by atoms with Crippen molar-refractivity contribution >= 4 is 38.8 Å². The minimum atomic E-state index is -3.98. The molecule has 12 heteroatoms. The van der Waals surface area contributed by atoms with E-state index in [0.29, 0.717) is 35.3 Å². The number of imide groups is 1. The molecule has 11 nitrogen and oxygen atoms in total. The maximum absolute atomic E-state index is 13.6. The summed E-state index contributed by atoms with van der Waals surface area (Å²) in [5, 5.41) is 2.26. The third-order valence-electron chi connectivity index (χ3n) is 5.49. The van der Waals surface area contributed by atoms with Crippen LogP contribution in [-0.2, 0) is 25.1 Å². The average Bonchev–Trinajstić information content (AvgIpc) is 3.32. The molecule has 0 saturated heterocycles. The van der Waals surface area contributed by atoms with Crippen LogP contribution in [0.3, 0.4) is 0 Å². The van der Waals surface area contributed by atoms with E-state index in [1.165, 1.54) is 7.11 Å². The highest BCUT2D eigenvalue weighted by Gasteiger charge is 2.36. The molecule has 1 unspecified atom stereocenters. The Morgan fingerprint density at radius 1 is 1.08 bits per heavy atom. The van der Waals surface area contributed by atoms with Crippen LogP contribution in [0.5, 0.6) is 5.75 Å². The number of nitrogens with one attached hydrogen (secondary N) is 1. The molecule has 1 aromatic heterocycles. The van der Waals surface area contributed by atoms with E-state index in [0.717, 1.165) is 12.0 Å². The van der Waals surface area contributed by atoms with E-state index in [9.17, 15) is 22.8 Å². The zero-order chi connectivity index (χ0) is 27.0. The molecular formula is C25H29N3O8S. The van der Waals surface area contributed by atoms with Crippen LogP contribution >= 0.6 is 0 Å². The number of amides is 3. The Morgan fingerprint density at radius 3 is 2.46 bits per heavy atom. The summed E-state index contributed by atoms with van der Waals surface area (Å²) in [6.07, 6.45) is 0.0678. The molecule has 1 N–H and O–H groups in total. The van der Waals surface area contributed by atoms with E-state index in [2.05, 4.69) is 15.0 Å². The number of rotatable bonds is 11. The lowest BCUT2D eigenvalue weighted by atomic mass is 10.2. The van der Waals surface area contributed by atoms with Gasteiger partial charge in [-0.25, -0.2) is 18.2 Å². The largest absolute Gasteiger partial charge is 0.496 e. The molecule has 198 valence electrons. The molecule has 0 spiro atoms. The van der Waals surface area contributed by atoms with E-state index < -0.39 is 45.3 Å². The Kier molecular flexibility index (Phi) is 9.23. The number of para-hydroxylation sites is 3. The van der Waals surface area contributed by atoms with Crippen molar-refractivity contribution in [3.05, 3.63) is 60.0 Å². The molecule has 0 saturated carbocycles. The lowest BCUT2D eigenvalue weighted by molar-refractivity contribution is -0.130. The molecule has 0 aliphatic rings. The van der Waals surface area contributed by atoms with Gasteiger partial charge in [-0.2, -0.15) is 0 Å². The molecule has 0 radical (unpaired) electrons. The van der Waals surface area contributed by atoms with Gasteiger partial charge in [-0.1, -0.05) is 43.7 Å². The molecular weight excluding hydrogens is 502 g/mol. The molecule has 1 heterocycles. The van der Waals surface area contributed by atoms with Gasteiger partial charge in [-0.05, 0) is 24.6 Å². The van der Waals surface area contributed by atoms with Crippen LogP contribution in [0.25, 0.3) is 11.1 Å². The SMILES string of the molecule is CCCCN(C(=O)c1nc2ccccc2o1)C(=O)C(CS(=O)(=O)Cc1ccccc1OC)NC(=O)OC. The first-order valence-electron chi connectivity index (χ1n) is 11.6. The predicted molar refractivity (Wildman–Crippen MR) is 135 cm³/mol. The minimum Gasteiger partial charge on any atom is -0.496 e. The number of unbranched alkanes of at least 4 members (excludes halogenated alkanes) is 1. The number of benzene rings is 2. The Bertz CT molecular complexity index is 1340. The highest BCUT2D eigenvalue weighted by molar-refractivity contribution is 7.90. The molecule has 3 rings (SSSR count). The second kappa shape index (κ2) is 12.3. The van der Waals surface area contributed by atoms with Gasteiger partial charge < -0.3 is 19.2 Å². The number of sulfone groups is 1. The molecule has 3 amide bonds. The second-order valence-electron chi connectivity index (χ2n) is 8.19. The van der Waals surface area contributed by atoms with Crippen LogP contribution in [0.1, 0.15) is 36.0 Å². The van der Waals surface area contributed by atoms with Gasteiger partial charge >= 0.3 is 12.0 Å². The quantitative estimate of drug-likeness (QED) is 0.395. The molecule has 0 bridgehead atoms. The molecule has 3 aromatic rings. The number of hydrogen-bond donors (Lipinski definition) is 1. The van der Waals surface area contributed by atoms with Gasteiger partial charge in [0.25, 0.3) is 11.8 Å². The third-order valence-corrected chi connectivity index (χ3v) is 7.08. The Hall–Kier alpha value is -3.93. The summed E-state index contributed by atoms with van der Waals surface area (Å²) in [6.45, 7) is 1.84. The number of hydrogen-bond acceptors (Lipinski definition) is 9. The zero-order valence-electron chi connectivity index (χ0n) is 20.8. The summed E-state index contributed by atoms with van der Waals surface area (Å²) in [5.41, 5.74) is 1.18. The van der Waals surface area contributed by atoms with E-state index in [1.807, 2.05) is 6.92 Å². The smallest absolute Gasteiger partial charge is 0.407 e. The van der Waals surface area contributed by atoms with Crippen LogP contribution in [0.2, 0.25) is 0 Å². The van der Waals surface area contributed by atoms with Crippen LogP contribution in [0, 0.1) is 0 Å².